The van der Waals surface area contributed by atoms with Crippen molar-refractivity contribution in [1.29, 1.82) is 0 Å². The maximum absolute atomic E-state index is 11.4. The molecule has 1 amide bonds. The lowest BCUT2D eigenvalue weighted by molar-refractivity contribution is -0.254. The Bertz CT molecular complexity index is 569. The standard InChI is InChI=1S/C8H7N3O2S/c9-5-4-3(12)1-2-11-8(4)14-6(5)7(10)13/h1-2H,9H2,(H2,10,13)(H,11,12)/p+1. The summed E-state index contributed by atoms with van der Waals surface area (Å²) in [6.07, 6.45) is 1.53. The van der Waals surface area contributed by atoms with Gasteiger partial charge < -0.3 is 10.7 Å². The summed E-state index contributed by atoms with van der Waals surface area (Å²) in [5.74, 6) is -0.364. The van der Waals surface area contributed by atoms with E-state index in [2.05, 4.69) is 10.7 Å². The number of amides is 1. The molecule has 0 saturated heterocycles. The van der Waals surface area contributed by atoms with Crippen molar-refractivity contribution in [3.63, 3.8) is 0 Å². The Morgan fingerprint density at radius 2 is 2.29 bits per heavy atom. The molecule has 0 saturated carbocycles. The zero-order chi connectivity index (χ0) is 10.3. The first-order valence-corrected chi connectivity index (χ1v) is 4.69. The summed E-state index contributed by atoms with van der Waals surface area (Å²) in [5.41, 5.74) is 8.99. The third kappa shape index (κ3) is 1.12. The molecule has 5 nitrogen and oxygen atoms in total. The van der Waals surface area contributed by atoms with Gasteiger partial charge in [0.25, 0.3) is 0 Å². The van der Waals surface area contributed by atoms with Crippen molar-refractivity contribution < 1.29 is 10.5 Å². The first-order chi connectivity index (χ1) is 6.61. The second kappa shape index (κ2) is 2.93. The van der Waals surface area contributed by atoms with E-state index in [4.69, 9.17) is 5.73 Å². The predicted octanol–water partition coefficient (Wildman–Crippen LogP) is -0.446. The number of quaternary nitrogens is 1. The second-order valence-corrected chi connectivity index (χ2v) is 3.83. The van der Waals surface area contributed by atoms with Crippen molar-refractivity contribution >= 4 is 33.1 Å². The largest absolute Gasteiger partial charge is 0.397 e. The van der Waals surface area contributed by atoms with Gasteiger partial charge in [0.05, 0.1) is 11.1 Å². The molecule has 2 heterocycles. The van der Waals surface area contributed by atoms with Crippen molar-refractivity contribution in [2.24, 2.45) is 0 Å². The van der Waals surface area contributed by atoms with Crippen LogP contribution in [0.1, 0.15) is 9.67 Å². The average molecular weight is 210 g/mol. The number of hydrogen-bond donors (Lipinski definition) is 3. The number of hydrogen-bond acceptors (Lipinski definition) is 4. The fraction of sp³-hybridized carbons (Fsp3) is 0. The van der Waals surface area contributed by atoms with Gasteiger partial charge in [-0.2, -0.15) is 0 Å². The maximum atomic E-state index is 11.4. The van der Waals surface area contributed by atoms with Crippen LogP contribution in [0.25, 0.3) is 10.2 Å². The van der Waals surface area contributed by atoms with E-state index < -0.39 is 0 Å². The highest BCUT2D eigenvalue weighted by molar-refractivity contribution is 7.21. The number of anilines is 1. The quantitative estimate of drug-likeness (QED) is 0.594. The molecule has 0 aliphatic carbocycles. The normalized spacial score (nSPS) is 10.6. The van der Waals surface area contributed by atoms with Gasteiger partial charge in [0.15, 0.2) is 10.3 Å². The van der Waals surface area contributed by atoms with Crippen molar-refractivity contribution in [3.05, 3.63) is 27.4 Å². The molecule has 0 aromatic carbocycles. The Labute approximate surface area is 82.3 Å². The maximum Gasteiger partial charge on any atom is 0.353 e. The molecule has 0 spiro atoms. The molecule has 2 aromatic rings. The average Bonchev–Trinajstić information content (AvgIpc) is 2.45. The first kappa shape index (κ1) is 8.92. The highest BCUT2D eigenvalue weighted by Crippen LogP contribution is 2.28. The fourth-order valence-corrected chi connectivity index (χ4v) is 2.24. The van der Waals surface area contributed by atoms with Crippen LogP contribution in [-0.4, -0.2) is 10.9 Å². The molecule has 0 atom stereocenters. The number of rotatable bonds is 1. The second-order valence-electron chi connectivity index (χ2n) is 2.81. The van der Waals surface area contributed by atoms with E-state index in [1.165, 1.54) is 12.3 Å². The smallest absolute Gasteiger partial charge is 0.353 e. The van der Waals surface area contributed by atoms with Crippen LogP contribution in [0.5, 0.6) is 0 Å². The van der Waals surface area contributed by atoms with Gasteiger partial charge in [-0.25, -0.2) is 4.79 Å². The van der Waals surface area contributed by atoms with Gasteiger partial charge in [-0.05, 0) is 0 Å². The topological polar surface area (TPSA) is 104 Å². The van der Waals surface area contributed by atoms with E-state index in [9.17, 15) is 9.59 Å². The third-order valence-corrected chi connectivity index (χ3v) is 3.07. The van der Waals surface area contributed by atoms with Gasteiger partial charge >= 0.3 is 5.91 Å². The Morgan fingerprint density at radius 3 is 2.86 bits per heavy atom. The summed E-state index contributed by atoms with van der Waals surface area (Å²) in [4.78, 5) is 26.3. The Balaban J connectivity index is 2.94. The zero-order valence-electron chi connectivity index (χ0n) is 7.16. The number of pyridine rings is 1. The van der Waals surface area contributed by atoms with Crippen LogP contribution >= 0.6 is 11.3 Å². The predicted molar refractivity (Wildman–Crippen MR) is 54.1 cm³/mol. The first-order valence-electron chi connectivity index (χ1n) is 3.87. The number of thiophene rings is 1. The number of fused-ring (bicyclic) bond motifs is 1. The van der Waals surface area contributed by atoms with Crippen LogP contribution in [0.4, 0.5) is 5.69 Å². The lowest BCUT2D eigenvalue weighted by atomic mass is 10.2. The molecule has 14 heavy (non-hydrogen) atoms. The number of aromatic nitrogens is 1. The minimum atomic E-state index is -0.364. The number of carbonyl (C=O) groups excluding carboxylic acids is 1. The van der Waals surface area contributed by atoms with E-state index in [1.807, 2.05) is 0 Å². The molecule has 0 bridgehead atoms. The van der Waals surface area contributed by atoms with Crippen molar-refractivity contribution in [3.8, 4) is 0 Å². The minimum absolute atomic E-state index is 0.181. The van der Waals surface area contributed by atoms with Crippen molar-refractivity contribution in [1.82, 2.24) is 4.98 Å². The molecule has 72 valence electrons. The number of aromatic amines is 1. The molecule has 0 unspecified atom stereocenters. The number of nitrogens with one attached hydrogen (secondary N) is 1. The lowest BCUT2D eigenvalue weighted by Gasteiger charge is -1.89. The molecule has 6 N–H and O–H groups in total. The van der Waals surface area contributed by atoms with Crippen LogP contribution < -0.4 is 16.9 Å². The van der Waals surface area contributed by atoms with Gasteiger partial charge in [-0.1, -0.05) is 0 Å². The van der Waals surface area contributed by atoms with Crippen molar-refractivity contribution in [2.75, 3.05) is 5.73 Å². The van der Waals surface area contributed by atoms with E-state index in [0.29, 0.717) is 15.1 Å². The van der Waals surface area contributed by atoms with E-state index in [1.54, 1.807) is 0 Å². The van der Waals surface area contributed by atoms with Crippen LogP contribution in [0, 0.1) is 0 Å². The van der Waals surface area contributed by atoms with Crippen LogP contribution in [0.3, 0.4) is 0 Å². The Kier molecular flexibility index (Phi) is 1.87. The molecule has 0 aliphatic heterocycles. The molecule has 6 heteroatoms. The summed E-state index contributed by atoms with van der Waals surface area (Å²) in [5, 5.41) is 0.379. The molecule has 2 aromatic heterocycles. The van der Waals surface area contributed by atoms with E-state index >= 15 is 0 Å². The molecular formula is C8H8N3O2S+. The fourth-order valence-electron chi connectivity index (χ4n) is 1.27. The molecule has 0 radical (unpaired) electrons. The van der Waals surface area contributed by atoms with Crippen molar-refractivity contribution in [2.45, 2.75) is 0 Å². The van der Waals surface area contributed by atoms with Gasteiger partial charge in [-0.3, -0.25) is 10.5 Å². The summed E-state index contributed by atoms with van der Waals surface area (Å²) in [7, 11) is 0. The summed E-state index contributed by atoms with van der Waals surface area (Å²) < 4.78 is 0. The van der Waals surface area contributed by atoms with E-state index in [-0.39, 0.29) is 17.0 Å². The van der Waals surface area contributed by atoms with E-state index in [0.717, 1.165) is 11.3 Å². The Hall–Kier alpha value is -1.66. The number of nitrogen functional groups attached to an aromatic ring is 1. The highest BCUT2D eigenvalue weighted by atomic mass is 32.1. The van der Waals surface area contributed by atoms with Gasteiger partial charge in [0.2, 0.25) is 0 Å². The minimum Gasteiger partial charge on any atom is -0.397 e. The summed E-state index contributed by atoms with van der Waals surface area (Å²) >= 11 is 1.15. The monoisotopic (exact) mass is 210 g/mol. The molecule has 2 rings (SSSR count). The van der Waals surface area contributed by atoms with Crippen LogP contribution in [-0.2, 0) is 0 Å². The molecular weight excluding hydrogens is 202 g/mol. The number of carbonyl (C=O) groups is 1. The van der Waals surface area contributed by atoms with Gasteiger partial charge in [0.1, 0.15) is 4.83 Å². The van der Waals surface area contributed by atoms with Crippen LogP contribution in [0.2, 0.25) is 0 Å². The van der Waals surface area contributed by atoms with Crippen LogP contribution in [0.15, 0.2) is 17.1 Å². The number of nitrogens with two attached hydrogens (primary N) is 1. The highest BCUT2D eigenvalue weighted by Gasteiger charge is 2.17. The summed E-state index contributed by atoms with van der Waals surface area (Å²) in [6.45, 7) is 0. The molecule has 0 aliphatic rings. The zero-order valence-corrected chi connectivity index (χ0v) is 7.98. The molecule has 0 fully saturated rings. The number of H-pyrrole nitrogens is 1. The SMILES string of the molecule is Nc1c(C([NH3+])=O)sc2[nH]ccc(=O)c12. The lowest BCUT2D eigenvalue weighted by Crippen LogP contribution is -2.56. The third-order valence-electron chi connectivity index (χ3n) is 1.89. The summed E-state index contributed by atoms with van der Waals surface area (Å²) in [6, 6.07) is 1.38. The van der Waals surface area contributed by atoms with Gasteiger partial charge in [0, 0.05) is 12.3 Å². The van der Waals surface area contributed by atoms with Gasteiger partial charge in [-0.15, -0.1) is 11.3 Å². The Morgan fingerprint density at radius 1 is 1.57 bits per heavy atom.